The predicted octanol–water partition coefficient (Wildman–Crippen LogP) is 4.01. The molecule has 1 aromatic heterocycles. The number of benzene rings is 1. The van der Waals surface area contributed by atoms with E-state index >= 15 is 0 Å². The van der Waals surface area contributed by atoms with E-state index in [1.165, 1.54) is 28.0 Å². The zero-order valence-corrected chi connectivity index (χ0v) is 15.4. The number of nitrogens with one attached hydrogen (secondary N) is 1. The molecule has 0 saturated carbocycles. The van der Waals surface area contributed by atoms with Gasteiger partial charge in [-0.25, -0.2) is 0 Å². The summed E-state index contributed by atoms with van der Waals surface area (Å²) >= 11 is 1.67. The van der Waals surface area contributed by atoms with Crippen LogP contribution in [0.1, 0.15) is 51.5 Å². The third kappa shape index (κ3) is 3.87. The second-order valence-corrected chi connectivity index (χ2v) is 7.46. The molecule has 128 valence electrons. The number of fused-ring (bicyclic) bond motifs is 1. The Kier molecular flexibility index (Phi) is 5.69. The second kappa shape index (κ2) is 7.95. The molecular formula is C20H26N2OS. The molecule has 1 aliphatic rings. The molecule has 3 rings (SSSR count). The Hall–Kier alpha value is -1.65. The van der Waals surface area contributed by atoms with Gasteiger partial charge in [0.15, 0.2) is 0 Å². The fourth-order valence-electron chi connectivity index (χ4n) is 3.28. The van der Waals surface area contributed by atoms with Gasteiger partial charge < -0.3 is 5.32 Å². The molecular weight excluding hydrogens is 316 g/mol. The minimum atomic E-state index is 0.0621. The molecule has 0 bridgehead atoms. The summed E-state index contributed by atoms with van der Waals surface area (Å²) in [7, 11) is 0. The summed E-state index contributed by atoms with van der Waals surface area (Å²) in [6, 6.07) is 10.5. The lowest BCUT2D eigenvalue weighted by Gasteiger charge is -2.20. The molecule has 0 spiro atoms. The molecule has 0 radical (unpaired) electrons. The first-order valence-electron chi connectivity index (χ1n) is 8.90. The van der Waals surface area contributed by atoms with Crippen LogP contribution in [-0.4, -0.2) is 23.9 Å². The molecule has 4 heteroatoms. The van der Waals surface area contributed by atoms with Crippen molar-refractivity contribution in [3.05, 3.63) is 56.8 Å². The largest absolute Gasteiger partial charge is 0.347 e. The number of carbonyl (C=O) groups is 1. The van der Waals surface area contributed by atoms with Gasteiger partial charge in [0.2, 0.25) is 0 Å². The Morgan fingerprint density at radius 3 is 2.62 bits per heavy atom. The van der Waals surface area contributed by atoms with Gasteiger partial charge in [-0.1, -0.05) is 38.1 Å². The lowest BCUT2D eigenvalue weighted by molar-refractivity contribution is 0.0954. The standard InChI is InChI=1S/C20H26N2OS/c1-3-22(4-2)14-17-9-6-5-8-16(17)13-21-20(23)19-12-15-10-7-11-18(15)24-19/h5-6,8-9,12H,3-4,7,10-11,13-14H2,1-2H3,(H,21,23). The zero-order valence-electron chi connectivity index (χ0n) is 14.6. The SMILES string of the molecule is CCN(CC)Cc1ccccc1CNC(=O)c1cc2c(s1)CCC2. The van der Waals surface area contributed by atoms with Crippen LogP contribution in [-0.2, 0) is 25.9 Å². The Morgan fingerprint density at radius 1 is 1.17 bits per heavy atom. The second-order valence-electron chi connectivity index (χ2n) is 6.33. The quantitative estimate of drug-likeness (QED) is 0.824. The topological polar surface area (TPSA) is 32.3 Å². The molecule has 2 aromatic rings. The van der Waals surface area contributed by atoms with Crippen LogP contribution >= 0.6 is 11.3 Å². The first-order chi connectivity index (χ1) is 11.7. The van der Waals surface area contributed by atoms with Gasteiger partial charge in [0.25, 0.3) is 5.91 Å². The summed E-state index contributed by atoms with van der Waals surface area (Å²) in [5.74, 6) is 0.0621. The third-order valence-corrected chi connectivity index (χ3v) is 6.05. The Bertz CT molecular complexity index is 682. The number of hydrogen-bond donors (Lipinski definition) is 1. The first-order valence-corrected chi connectivity index (χ1v) is 9.71. The normalized spacial score (nSPS) is 13.3. The highest BCUT2D eigenvalue weighted by Crippen LogP contribution is 2.30. The van der Waals surface area contributed by atoms with Crippen molar-refractivity contribution in [3.8, 4) is 0 Å². The smallest absolute Gasteiger partial charge is 0.261 e. The number of thiophene rings is 1. The van der Waals surface area contributed by atoms with Gasteiger partial charge >= 0.3 is 0 Å². The maximum absolute atomic E-state index is 12.5. The number of rotatable bonds is 7. The predicted molar refractivity (Wildman–Crippen MR) is 101 cm³/mol. The van der Waals surface area contributed by atoms with Gasteiger partial charge in [-0.3, -0.25) is 9.69 Å². The van der Waals surface area contributed by atoms with Crippen LogP contribution in [0.25, 0.3) is 0 Å². The number of aryl methyl sites for hydroxylation is 2. The Balaban J connectivity index is 1.64. The fraction of sp³-hybridized carbons (Fsp3) is 0.450. The highest BCUT2D eigenvalue weighted by Gasteiger charge is 2.18. The molecule has 1 N–H and O–H groups in total. The van der Waals surface area contributed by atoms with Crippen molar-refractivity contribution in [1.82, 2.24) is 10.2 Å². The van der Waals surface area contributed by atoms with E-state index in [0.29, 0.717) is 6.54 Å². The minimum Gasteiger partial charge on any atom is -0.347 e. The van der Waals surface area contributed by atoms with E-state index in [2.05, 4.69) is 48.3 Å². The zero-order chi connectivity index (χ0) is 16.9. The number of amides is 1. The van der Waals surface area contributed by atoms with Crippen molar-refractivity contribution in [3.63, 3.8) is 0 Å². The van der Waals surface area contributed by atoms with Crippen LogP contribution in [0.5, 0.6) is 0 Å². The maximum Gasteiger partial charge on any atom is 0.261 e. The van der Waals surface area contributed by atoms with Crippen molar-refractivity contribution >= 4 is 17.2 Å². The van der Waals surface area contributed by atoms with Crippen LogP contribution in [0.4, 0.5) is 0 Å². The van der Waals surface area contributed by atoms with Crippen LogP contribution in [0, 0.1) is 0 Å². The van der Waals surface area contributed by atoms with Crippen molar-refractivity contribution in [2.75, 3.05) is 13.1 Å². The van der Waals surface area contributed by atoms with E-state index in [4.69, 9.17) is 0 Å². The maximum atomic E-state index is 12.5. The van der Waals surface area contributed by atoms with Crippen LogP contribution in [0.2, 0.25) is 0 Å². The van der Waals surface area contributed by atoms with Gasteiger partial charge in [-0.15, -0.1) is 11.3 Å². The average molecular weight is 343 g/mol. The van der Waals surface area contributed by atoms with E-state index in [1.54, 1.807) is 11.3 Å². The lowest BCUT2D eigenvalue weighted by Crippen LogP contribution is -2.25. The van der Waals surface area contributed by atoms with Gasteiger partial charge in [0.05, 0.1) is 4.88 Å². The van der Waals surface area contributed by atoms with Crippen molar-refractivity contribution in [2.24, 2.45) is 0 Å². The molecule has 0 unspecified atom stereocenters. The average Bonchev–Trinajstić information content (AvgIpc) is 3.20. The molecule has 1 aromatic carbocycles. The van der Waals surface area contributed by atoms with Crippen LogP contribution < -0.4 is 5.32 Å². The van der Waals surface area contributed by atoms with E-state index in [9.17, 15) is 4.79 Å². The molecule has 3 nitrogen and oxygen atoms in total. The van der Waals surface area contributed by atoms with E-state index in [-0.39, 0.29) is 5.91 Å². The van der Waals surface area contributed by atoms with E-state index in [1.807, 2.05) is 6.07 Å². The molecule has 0 saturated heterocycles. The monoisotopic (exact) mass is 342 g/mol. The lowest BCUT2D eigenvalue weighted by atomic mass is 10.1. The molecule has 0 atom stereocenters. The van der Waals surface area contributed by atoms with Crippen LogP contribution in [0.15, 0.2) is 30.3 Å². The van der Waals surface area contributed by atoms with E-state index in [0.717, 1.165) is 37.4 Å². The van der Waals surface area contributed by atoms with Crippen LogP contribution in [0.3, 0.4) is 0 Å². The first kappa shape index (κ1) is 17.2. The van der Waals surface area contributed by atoms with Gasteiger partial charge in [0.1, 0.15) is 0 Å². The number of nitrogens with zero attached hydrogens (tertiary/aromatic N) is 1. The van der Waals surface area contributed by atoms with Crippen molar-refractivity contribution in [2.45, 2.75) is 46.2 Å². The highest BCUT2D eigenvalue weighted by molar-refractivity contribution is 7.14. The minimum absolute atomic E-state index is 0.0621. The summed E-state index contributed by atoms with van der Waals surface area (Å²) in [5.41, 5.74) is 3.89. The summed E-state index contributed by atoms with van der Waals surface area (Å²) in [6.45, 7) is 7.98. The van der Waals surface area contributed by atoms with Crippen molar-refractivity contribution < 1.29 is 4.79 Å². The van der Waals surface area contributed by atoms with Crippen molar-refractivity contribution in [1.29, 1.82) is 0 Å². The van der Waals surface area contributed by atoms with E-state index < -0.39 is 0 Å². The fourth-order valence-corrected chi connectivity index (χ4v) is 4.45. The van der Waals surface area contributed by atoms with Gasteiger partial charge in [0, 0.05) is 18.0 Å². The molecule has 24 heavy (non-hydrogen) atoms. The number of carbonyl (C=O) groups excluding carboxylic acids is 1. The summed E-state index contributed by atoms with van der Waals surface area (Å²) < 4.78 is 0. The molecule has 1 amide bonds. The summed E-state index contributed by atoms with van der Waals surface area (Å²) in [4.78, 5) is 17.1. The molecule has 1 heterocycles. The summed E-state index contributed by atoms with van der Waals surface area (Å²) in [5, 5.41) is 3.11. The Morgan fingerprint density at radius 2 is 1.92 bits per heavy atom. The molecule has 0 aliphatic heterocycles. The Labute approximate surface area is 148 Å². The number of hydrogen-bond acceptors (Lipinski definition) is 3. The summed E-state index contributed by atoms with van der Waals surface area (Å²) in [6.07, 6.45) is 3.51. The third-order valence-electron chi connectivity index (χ3n) is 4.82. The highest BCUT2D eigenvalue weighted by atomic mass is 32.1. The van der Waals surface area contributed by atoms with Gasteiger partial charge in [-0.05, 0) is 55.1 Å². The van der Waals surface area contributed by atoms with Gasteiger partial charge in [-0.2, -0.15) is 0 Å². The molecule has 0 fully saturated rings. The molecule has 1 aliphatic carbocycles.